The monoisotopic (exact) mass is 607 g/mol. The molecule has 12 heteroatoms. The Morgan fingerprint density at radius 1 is 0.837 bits per heavy atom. The molecule has 2 heterocycles. The number of esters is 1. The van der Waals surface area contributed by atoms with Crippen LogP contribution in [0.2, 0.25) is 0 Å². The van der Waals surface area contributed by atoms with Crippen LogP contribution in [0, 0.1) is 23.7 Å². The summed E-state index contributed by atoms with van der Waals surface area (Å²) < 4.78 is 5.67. The molecule has 12 nitrogen and oxygen atoms in total. The lowest BCUT2D eigenvalue weighted by atomic mass is 9.94. The third-order valence-electron chi connectivity index (χ3n) is 9.12. The van der Waals surface area contributed by atoms with Crippen molar-refractivity contribution in [2.24, 2.45) is 23.7 Å². The molecule has 5 amide bonds. The van der Waals surface area contributed by atoms with Crippen molar-refractivity contribution in [3.05, 3.63) is 0 Å². The number of fused-ring (bicyclic) bond motifs is 1. The first-order valence-corrected chi connectivity index (χ1v) is 15.7. The van der Waals surface area contributed by atoms with Crippen LogP contribution in [0.1, 0.15) is 81.1 Å². The van der Waals surface area contributed by atoms with E-state index in [1.165, 1.54) is 21.7 Å². The second kappa shape index (κ2) is 15.5. The molecule has 0 aromatic carbocycles. The van der Waals surface area contributed by atoms with Crippen molar-refractivity contribution < 1.29 is 33.5 Å². The maximum atomic E-state index is 14.0. The summed E-state index contributed by atoms with van der Waals surface area (Å²) in [4.78, 5) is 85.3. The minimum atomic E-state index is -1.09. The lowest BCUT2D eigenvalue weighted by molar-refractivity contribution is -0.165. The second-order valence-electron chi connectivity index (χ2n) is 12.8. The summed E-state index contributed by atoms with van der Waals surface area (Å²) in [6, 6.07) is -3.56. The number of nitrogens with zero attached hydrogens (tertiary/aromatic N) is 3. The molecule has 8 atom stereocenters. The van der Waals surface area contributed by atoms with E-state index in [-0.39, 0.29) is 36.6 Å². The summed E-state index contributed by atoms with van der Waals surface area (Å²) >= 11 is 0. The molecule has 43 heavy (non-hydrogen) atoms. The molecule has 0 spiro atoms. The van der Waals surface area contributed by atoms with Crippen molar-refractivity contribution in [3.63, 3.8) is 0 Å². The van der Waals surface area contributed by atoms with Crippen molar-refractivity contribution in [1.29, 1.82) is 0 Å². The zero-order chi connectivity index (χ0) is 32.8. The molecule has 244 valence electrons. The van der Waals surface area contributed by atoms with Gasteiger partial charge in [-0.2, -0.15) is 0 Å². The van der Waals surface area contributed by atoms with Gasteiger partial charge in [0.15, 0.2) is 6.10 Å². The van der Waals surface area contributed by atoms with Crippen LogP contribution in [0.3, 0.4) is 0 Å². The van der Waals surface area contributed by atoms with E-state index in [9.17, 15) is 28.8 Å². The topological polar surface area (TPSA) is 145 Å². The van der Waals surface area contributed by atoms with Crippen LogP contribution in [-0.2, 0) is 33.5 Å². The van der Waals surface area contributed by atoms with E-state index in [0.29, 0.717) is 25.8 Å². The number of nitrogens with one attached hydrogen (secondary N) is 2. The van der Waals surface area contributed by atoms with E-state index in [1.807, 2.05) is 48.5 Å². The number of likely N-dealkylation sites (N-methyl/N-ethyl adjacent to an activating group) is 2. The quantitative estimate of drug-likeness (QED) is 0.451. The number of hydrogen-bond acceptors (Lipinski definition) is 7. The molecular weight excluding hydrogens is 554 g/mol. The predicted molar refractivity (Wildman–Crippen MR) is 161 cm³/mol. The molecule has 2 aliphatic heterocycles. The highest BCUT2D eigenvalue weighted by molar-refractivity contribution is 5.96. The lowest BCUT2D eigenvalue weighted by Gasteiger charge is -2.38. The first-order valence-electron chi connectivity index (χ1n) is 15.7. The SMILES string of the molecule is CCC(C)[C@H]1OC(=O)CCNC(=O)[C@H](C)N(C)C(=O)[C@H](C(C)C)N(C)C(=O)[C@H]([C@@H](C)CC)NC(=O)C2CC(C)CN2C1=O. The Kier molecular flexibility index (Phi) is 13.0. The van der Waals surface area contributed by atoms with Crippen LogP contribution < -0.4 is 10.6 Å². The van der Waals surface area contributed by atoms with E-state index in [4.69, 9.17) is 4.74 Å². The Hall–Kier alpha value is -3.18. The van der Waals surface area contributed by atoms with Gasteiger partial charge >= 0.3 is 5.97 Å². The summed E-state index contributed by atoms with van der Waals surface area (Å²) in [7, 11) is 3.05. The zero-order valence-corrected chi connectivity index (χ0v) is 27.6. The lowest BCUT2D eigenvalue weighted by Crippen LogP contribution is -2.61. The largest absolute Gasteiger partial charge is 0.452 e. The van der Waals surface area contributed by atoms with Gasteiger partial charge in [0, 0.05) is 33.1 Å². The van der Waals surface area contributed by atoms with Crippen LogP contribution >= 0.6 is 0 Å². The van der Waals surface area contributed by atoms with Crippen LogP contribution in [0.5, 0.6) is 0 Å². The Morgan fingerprint density at radius 3 is 2.00 bits per heavy atom. The fourth-order valence-electron chi connectivity index (χ4n) is 5.72. The van der Waals surface area contributed by atoms with Gasteiger partial charge in [-0.05, 0) is 37.5 Å². The first-order chi connectivity index (χ1) is 20.1. The van der Waals surface area contributed by atoms with Gasteiger partial charge in [0.25, 0.3) is 5.91 Å². The van der Waals surface area contributed by atoms with Crippen LogP contribution in [0.15, 0.2) is 0 Å². The molecule has 0 aromatic rings. The highest BCUT2D eigenvalue weighted by Crippen LogP contribution is 2.28. The standard InChI is InChI=1S/C31H53N5O7/c1-11-19(6)24-29(40)35(10)25(17(3)4)30(41)34(9)21(8)27(38)32-14-13-23(37)43-26(20(7)12-2)31(42)36-16-18(5)15-22(36)28(39)33-24/h17-22,24-26H,11-16H2,1-10H3,(H,32,38)(H,33,39)/t18?,19-,20?,21-,22?,24-,25-,26+/m0/s1. The molecule has 0 bridgehead atoms. The maximum absolute atomic E-state index is 14.0. The molecule has 2 fully saturated rings. The van der Waals surface area contributed by atoms with Crippen molar-refractivity contribution in [3.8, 4) is 0 Å². The van der Waals surface area contributed by atoms with E-state index in [1.54, 1.807) is 14.0 Å². The van der Waals surface area contributed by atoms with Crippen molar-refractivity contribution >= 4 is 35.5 Å². The number of ether oxygens (including phenoxy) is 1. The minimum Gasteiger partial charge on any atom is -0.452 e. The molecular formula is C31H53N5O7. The molecule has 0 aromatic heterocycles. The van der Waals surface area contributed by atoms with Gasteiger partial charge in [-0.1, -0.05) is 54.9 Å². The van der Waals surface area contributed by atoms with Gasteiger partial charge in [-0.25, -0.2) is 0 Å². The van der Waals surface area contributed by atoms with Crippen molar-refractivity contribution in [2.75, 3.05) is 27.2 Å². The number of carbonyl (C=O) groups excluding carboxylic acids is 6. The number of rotatable bonds is 5. The number of cyclic esters (lactones) is 1. The van der Waals surface area contributed by atoms with E-state index >= 15 is 0 Å². The van der Waals surface area contributed by atoms with E-state index < -0.39 is 65.8 Å². The van der Waals surface area contributed by atoms with Crippen LogP contribution in [-0.4, -0.2) is 108 Å². The molecule has 0 aliphatic carbocycles. The summed E-state index contributed by atoms with van der Waals surface area (Å²) in [5.74, 6) is -3.71. The zero-order valence-electron chi connectivity index (χ0n) is 27.6. The normalized spacial score (nSPS) is 30.6. The fraction of sp³-hybridized carbons (Fsp3) is 0.806. The van der Waals surface area contributed by atoms with Crippen LogP contribution in [0.25, 0.3) is 0 Å². The highest BCUT2D eigenvalue weighted by atomic mass is 16.5. The Balaban J connectivity index is 2.59. The van der Waals surface area contributed by atoms with Crippen LogP contribution in [0.4, 0.5) is 0 Å². The van der Waals surface area contributed by atoms with Gasteiger partial charge in [0.05, 0.1) is 6.42 Å². The third-order valence-corrected chi connectivity index (χ3v) is 9.12. The molecule has 2 saturated heterocycles. The highest BCUT2D eigenvalue weighted by Gasteiger charge is 2.45. The summed E-state index contributed by atoms with van der Waals surface area (Å²) in [5.41, 5.74) is 0. The van der Waals surface area contributed by atoms with E-state index in [2.05, 4.69) is 10.6 Å². The molecule has 2 N–H and O–H groups in total. The number of hydrogen-bond donors (Lipinski definition) is 2. The average molecular weight is 608 g/mol. The third kappa shape index (κ3) is 8.47. The van der Waals surface area contributed by atoms with Gasteiger partial charge in [0.2, 0.25) is 23.6 Å². The Morgan fingerprint density at radius 2 is 1.44 bits per heavy atom. The van der Waals surface area contributed by atoms with Crippen molar-refractivity contribution in [2.45, 2.75) is 111 Å². The molecule has 3 unspecified atom stereocenters. The summed E-state index contributed by atoms with van der Waals surface area (Å²) in [5, 5.41) is 5.60. The smallest absolute Gasteiger partial charge is 0.308 e. The van der Waals surface area contributed by atoms with Crippen molar-refractivity contribution in [1.82, 2.24) is 25.3 Å². The molecule has 0 saturated carbocycles. The first kappa shape index (κ1) is 36.0. The number of carbonyl (C=O) groups is 6. The van der Waals surface area contributed by atoms with Gasteiger partial charge in [0.1, 0.15) is 24.2 Å². The maximum Gasteiger partial charge on any atom is 0.308 e. The van der Waals surface area contributed by atoms with Gasteiger partial charge in [-0.15, -0.1) is 0 Å². The predicted octanol–water partition coefficient (Wildman–Crippen LogP) is 1.56. The summed E-state index contributed by atoms with van der Waals surface area (Å²) in [6.07, 6.45) is 0.282. The molecule has 0 radical (unpaired) electrons. The minimum absolute atomic E-state index is 0.0157. The fourth-order valence-corrected chi connectivity index (χ4v) is 5.72. The number of amides is 5. The summed E-state index contributed by atoms with van der Waals surface area (Å²) in [6.45, 7) is 14.9. The van der Waals surface area contributed by atoms with Gasteiger partial charge in [-0.3, -0.25) is 28.8 Å². The Bertz CT molecular complexity index is 1050. The van der Waals surface area contributed by atoms with Gasteiger partial charge < -0.3 is 30.1 Å². The second-order valence-corrected chi connectivity index (χ2v) is 12.8. The average Bonchev–Trinajstić information content (AvgIpc) is 3.37. The molecule has 2 rings (SSSR count). The van der Waals surface area contributed by atoms with E-state index in [0.717, 1.165) is 0 Å². The Labute approximate surface area is 256 Å². The molecule has 2 aliphatic rings.